The molecule has 122 valence electrons. The molecule has 0 spiro atoms. The van der Waals surface area contributed by atoms with Gasteiger partial charge in [-0.3, -0.25) is 0 Å². The number of alkyl halides is 1. The van der Waals surface area contributed by atoms with Gasteiger partial charge in [0, 0.05) is 21.8 Å². The van der Waals surface area contributed by atoms with Gasteiger partial charge in [0.1, 0.15) is 5.01 Å². The molecule has 0 bridgehead atoms. The van der Waals surface area contributed by atoms with Crippen LogP contribution in [0.2, 0.25) is 0 Å². The third-order valence-corrected chi connectivity index (χ3v) is 4.47. The maximum Gasteiger partial charge on any atom is 0.124 e. The lowest BCUT2D eigenvalue weighted by Crippen LogP contribution is -1.81. The summed E-state index contributed by atoms with van der Waals surface area (Å²) in [5.41, 5.74) is 4.67. The van der Waals surface area contributed by atoms with Crippen LogP contribution in [0.1, 0.15) is 33.3 Å². The maximum atomic E-state index is 4.71. The first-order valence-corrected chi connectivity index (χ1v) is 10.0. The van der Waals surface area contributed by atoms with Gasteiger partial charge < -0.3 is 0 Å². The van der Waals surface area contributed by atoms with Crippen molar-refractivity contribution in [2.75, 3.05) is 0 Å². The zero-order chi connectivity index (χ0) is 17.1. The predicted octanol–water partition coefficient (Wildman–Crippen LogP) is 7.42. The van der Waals surface area contributed by atoms with Crippen molar-refractivity contribution in [3.63, 3.8) is 0 Å². The summed E-state index contributed by atoms with van der Waals surface area (Å²) in [5, 5.41) is 4.07. The van der Waals surface area contributed by atoms with Crippen LogP contribution in [0.15, 0.2) is 60.0 Å². The molecule has 0 fully saturated rings. The number of halogens is 1. The van der Waals surface area contributed by atoms with Crippen LogP contribution in [-0.2, 0) is 5.33 Å². The molecule has 3 rings (SSSR count). The summed E-state index contributed by atoms with van der Waals surface area (Å²) in [6, 6.07) is 18.8. The molecule has 0 amide bonds. The SMILES string of the molecule is BrCc1ccc(-c2csc(-c3ccccc3)n2)cc1.CC.CC. The van der Waals surface area contributed by atoms with Crippen LogP contribution in [-0.4, -0.2) is 4.98 Å². The zero-order valence-corrected chi connectivity index (χ0v) is 16.6. The summed E-state index contributed by atoms with van der Waals surface area (Å²) >= 11 is 5.15. The Morgan fingerprint density at radius 2 is 1.43 bits per heavy atom. The van der Waals surface area contributed by atoms with E-state index in [1.807, 2.05) is 45.9 Å². The third kappa shape index (κ3) is 5.60. The summed E-state index contributed by atoms with van der Waals surface area (Å²) in [4.78, 5) is 4.71. The first kappa shape index (κ1) is 19.6. The molecule has 0 saturated carbocycles. The van der Waals surface area contributed by atoms with E-state index in [-0.39, 0.29) is 0 Å². The second-order valence-electron chi connectivity index (χ2n) is 4.23. The van der Waals surface area contributed by atoms with Gasteiger partial charge in [0.05, 0.1) is 5.69 Å². The quantitative estimate of drug-likeness (QED) is 0.424. The van der Waals surface area contributed by atoms with Gasteiger partial charge in [-0.1, -0.05) is 98.2 Å². The largest absolute Gasteiger partial charge is 0.236 e. The molecule has 3 heteroatoms. The molecule has 1 aromatic heterocycles. The highest BCUT2D eigenvalue weighted by Gasteiger charge is 2.06. The third-order valence-electron chi connectivity index (χ3n) is 2.93. The first-order valence-electron chi connectivity index (χ1n) is 8.03. The van der Waals surface area contributed by atoms with Crippen molar-refractivity contribution in [3.8, 4) is 21.8 Å². The predicted molar refractivity (Wildman–Crippen MR) is 108 cm³/mol. The average Bonchev–Trinajstić information content (AvgIpc) is 3.16. The Bertz CT molecular complexity index is 660. The number of nitrogens with zero attached hydrogens (tertiary/aromatic N) is 1. The van der Waals surface area contributed by atoms with Gasteiger partial charge in [-0.25, -0.2) is 4.98 Å². The van der Waals surface area contributed by atoms with Crippen LogP contribution in [0.25, 0.3) is 21.8 Å². The van der Waals surface area contributed by atoms with Crippen LogP contribution < -0.4 is 0 Å². The van der Waals surface area contributed by atoms with Gasteiger partial charge in [0.2, 0.25) is 0 Å². The standard InChI is InChI=1S/C16H12BrNS.2C2H6/c17-10-12-6-8-13(9-7-12)15-11-19-16(18-15)14-4-2-1-3-5-14;2*1-2/h1-9,11H,10H2;2*1-2H3. The van der Waals surface area contributed by atoms with E-state index in [1.165, 1.54) is 16.7 Å². The molecule has 23 heavy (non-hydrogen) atoms. The van der Waals surface area contributed by atoms with Crippen molar-refractivity contribution >= 4 is 27.3 Å². The number of thiazole rings is 1. The topological polar surface area (TPSA) is 12.9 Å². The molecular formula is C20H24BrNS. The Morgan fingerprint density at radius 1 is 0.826 bits per heavy atom. The summed E-state index contributed by atoms with van der Waals surface area (Å²) in [7, 11) is 0. The summed E-state index contributed by atoms with van der Waals surface area (Å²) in [6.45, 7) is 8.00. The van der Waals surface area contributed by atoms with Crippen molar-refractivity contribution in [1.82, 2.24) is 4.98 Å². The number of hydrogen-bond acceptors (Lipinski definition) is 2. The summed E-state index contributed by atoms with van der Waals surface area (Å²) in [6.07, 6.45) is 0. The normalized spacial score (nSPS) is 9.26. The summed E-state index contributed by atoms with van der Waals surface area (Å²) in [5.74, 6) is 0. The lowest BCUT2D eigenvalue weighted by molar-refractivity contribution is 1.38. The van der Waals surface area contributed by atoms with E-state index in [4.69, 9.17) is 4.98 Å². The van der Waals surface area contributed by atoms with Crippen LogP contribution in [0.3, 0.4) is 0 Å². The second kappa shape index (κ2) is 11.1. The van der Waals surface area contributed by atoms with Crippen molar-refractivity contribution in [3.05, 3.63) is 65.5 Å². The molecule has 0 saturated heterocycles. The van der Waals surface area contributed by atoms with Gasteiger partial charge >= 0.3 is 0 Å². The fraction of sp³-hybridized carbons (Fsp3) is 0.250. The van der Waals surface area contributed by atoms with E-state index < -0.39 is 0 Å². The highest BCUT2D eigenvalue weighted by Crippen LogP contribution is 2.28. The van der Waals surface area contributed by atoms with Gasteiger partial charge in [-0.05, 0) is 5.56 Å². The molecule has 0 aliphatic rings. The first-order chi connectivity index (χ1) is 11.4. The lowest BCUT2D eigenvalue weighted by atomic mass is 10.1. The number of rotatable bonds is 3. The zero-order valence-electron chi connectivity index (χ0n) is 14.2. The van der Waals surface area contributed by atoms with E-state index in [2.05, 4.69) is 57.7 Å². The van der Waals surface area contributed by atoms with Crippen LogP contribution >= 0.6 is 27.3 Å². The molecule has 1 nitrogen and oxygen atoms in total. The fourth-order valence-electron chi connectivity index (χ4n) is 1.88. The minimum Gasteiger partial charge on any atom is -0.236 e. The molecule has 0 atom stereocenters. The van der Waals surface area contributed by atoms with Crippen LogP contribution in [0.5, 0.6) is 0 Å². The van der Waals surface area contributed by atoms with Crippen molar-refractivity contribution in [1.29, 1.82) is 0 Å². The molecule has 0 aliphatic carbocycles. The Labute approximate surface area is 152 Å². The van der Waals surface area contributed by atoms with Gasteiger partial charge in [0.25, 0.3) is 0 Å². The molecule has 0 aliphatic heterocycles. The van der Waals surface area contributed by atoms with Gasteiger partial charge in [0.15, 0.2) is 0 Å². The van der Waals surface area contributed by atoms with E-state index in [0.717, 1.165) is 16.0 Å². The van der Waals surface area contributed by atoms with E-state index in [1.54, 1.807) is 11.3 Å². The molecule has 1 heterocycles. The minimum atomic E-state index is 0.889. The van der Waals surface area contributed by atoms with Crippen LogP contribution in [0.4, 0.5) is 0 Å². The molecule has 0 N–H and O–H groups in total. The van der Waals surface area contributed by atoms with Crippen molar-refractivity contribution in [2.45, 2.75) is 33.0 Å². The Morgan fingerprint density at radius 3 is 2.00 bits per heavy atom. The highest BCUT2D eigenvalue weighted by atomic mass is 79.9. The molecular weight excluding hydrogens is 366 g/mol. The smallest absolute Gasteiger partial charge is 0.124 e. The number of aromatic nitrogens is 1. The average molecular weight is 390 g/mol. The van der Waals surface area contributed by atoms with Crippen LogP contribution in [0, 0.1) is 0 Å². The lowest BCUT2D eigenvalue weighted by Gasteiger charge is -1.99. The van der Waals surface area contributed by atoms with Gasteiger partial charge in [-0.2, -0.15) is 0 Å². The highest BCUT2D eigenvalue weighted by molar-refractivity contribution is 9.08. The minimum absolute atomic E-state index is 0.889. The van der Waals surface area contributed by atoms with E-state index in [0.29, 0.717) is 0 Å². The fourth-order valence-corrected chi connectivity index (χ4v) is 3.09. The Balaban J connectivity index is 0.000000615. The van der Waals surface area contributed by atoms with E-state index in [9.17, 15) is 0 Å². The van der Waals surface area contributed by atoms with Crippen molar-refractivity contribution in [2.24, 2.45) is 0 Å². The monoisotopic (exact) mass is 389 g/mol. The maximum absolute atomic E-state index is 4.71. The molecule has 0 radical (unpaired) electrons. The summed E-state index contributed by atoms with van der Waals surface area (Å²) < 4.78 is 0. The number of benzene rings is 2. The Hall–Kier alpha value is -1.45. The van der Waals surface area contributed by atoms with Crippen molar-refractivity contribution < 1.29 is 0 Å². The molecule has 2 aromatic carbocycles. The second-order valence-corrected chi connectivity index (χ2v) is 5.65. The molecule has 0 unspecified atom stereocenters. The molecule has 3 aromatic rings. The van der Waals surface area contributed by atoms with E-state index >= 15 is 0 Å². The Kier molecular flexibility index (Phi) is 9.49. The number of hydrogen-bond donors (Lipinski definition) is 0. The van der Waals surface area contributed by atoms with Gasteiger partial charge in [-0.15, -0.1) is 11.3 Å².